The van der Waals surface area contributed by atoms with Crippen LogP contribution in [0.5, 0.6) is 0 Å². The van der Waals surface area contributed by atoms with Crippen LogP contribution in [0.3, 0.4) is 0 Å². The summed E-state index contributed by atoms with van der Waals surface area (Å²) in [5, 5.41) is 0. The molecular weight excluding hydrogens is 420 g/mol. The van der Waals surface area contributed by atoms with Crippen LogP contribution in [0.1, 0.15) is 27.8 Å². The summed E-state index contributed by atoms with van der Waals surface area (Å²) in [5.41, 5.74) is 5.42. The predicted molar refractivity (Wildman–Crippen MR) is 129 cm³/mol. The minimum Gasteiger partial charge on any atom is -0.340 e. The van der Waals surface area contributed by atoms with Gasteiger partial charge in [-0.25, -0.2) is 8.42 Å². The lowest BCUT2D eigenvalue weighted by molar-refractivity contribution is -0.128. The summed E-state index contributed by atoms with van der Waals surface area (Å²) in [7, 11) is -2.23. The monoisotopic (exact) mass is 450 g/mol. The van der Waals surface area contributed by atoms with E-state index >= 15 is 0 Å². The second-order valence-electron chi connectivity index (χ2n) is 8.28. The maximum Gasteiger partial charge on any atom is 0.264 e. The van der Waals surface area contributed by atoms with E-state index in [1.54, 1.807) is 42.3 Å². The van der Waals surface area contributed by atoms with Crippen LogP contribution >= 0.6 is 0 Å². The van der Waals surface area contributed by atoms with E-state index in [2.05, 4.69) is 0 Å². The minimum atomic E-state index is -3.93. The van der Waals surface area contributed by atoms with E-state index in [1.807, 2.05) is 64.1 Å². The van der Waals surface area contributed by atoms with Gasteiger partial charge in [0.05, 0.1) is 10.6 Å². The van der Waals surface area contributed by atoms with Gasteiger partial charge in [-0.1, -0.05) is 59.7 Å². The van der Waals surface area contributed by atoms with Gasteiger partial charge in [0.2, 0.25) is 5.91 Å². The number of sulfonamides is 1. The molecule has 0 heterocycles. The number of aryl methyl sites for hydroxylation is 3. The molecule has 1 amide bonds. The third-order valence-electron chi connectivity index (χ3n) is 5.70. The van der Waals surface area contributed by atoms with E-state index in [0.717, 1.165) is 27.8 Å². The zero-order chi connectivity index (χ0) is 23.5. The van der Waals surface area contributed by atoms with Gasteiger partial charge < -0.3 is 4.90 Å². The molecule has 0 aliphatic heterocycles. The summed E-state index contributed by atoms with van der Waals surface area (Å²) in [4.78, 5) is 14.9. The van der Waals surface area contributed by atoms with Crippen LogP contribution in [0.25, 0.3) is 0 Å². The van der Waals surface area contributed by atoms with Crippen molar-refractivity contribution in [3.05, 3.63) is 94.5 Å². The Kier molecular flexibility index (Phi) is 7.04. The van der Waals surface area contributed by atoms with Gasteiger partial charge in [-0.05, 0) is 62.6 Å². The Labute approximate surface area is 191 Å². The van der Waals surface area contributed by atoms with Crippen LogP contribution in [-0.4, -0.2) is 32.8 Å². The molecule has 0 unspecified atom stereocenters. The van der Waals surface area contributed by atoms with Gasteiger partial charge in [-0.2, -0.15) is 0 Å². The second-order valence-corrected chi connectivity index (χ2v) is 10.1. The Morgan fingerprint density at radius 1 is 0.812 bits per heavy atom. The van der Waals surface area contributed by atoms with Crippen molar-refractivity contribution in [2.75, 3.05) is 17.9 Å². The van der Waals surface area contributed by atoms with Gasteiger partial charge in [0.25, 0.3) is 10.0 Å². The summed E-state index contributed by atoms with van der Waals surface area (Å²) in [6.45, 7) is 7.86. The molecule has 0 bridgehead atoms. The van der Waals surface area contributed by atoms with Crippen molar-refractivity contribution in [3.63, 3.8) is 0 Å². The molecule has 0 spiro atoms. The van der Waals surface area contributed by atoms with Crippen LogP contribution in [0.4, 0.5) is 5.69 Å². The van der Waals surface area contributed by atoms with Gasteiger partial charge in [0, 0.05) is 13.6 Å². The van der Waals surface area contributed by atoms with Gasteiger partial charge in [0.15, 0.2) is 0 Å². The molecule has 5 nitrogen and oxygen atoms in total. The second kappa shape index (κ2) is 9.57. The number of hydrogen-bond acceptors (Lipinski definition) is 3. The first-order valence-corrected chi connectivity index (χ1v) is 12.0. The SMILES string of the molecule is Cc1ccc(CN(C)C(=O)CN(c2cccc(C)c2C)S(=O)(=O)c2ccc(C)cc2)cc1. The van der Waals surface area contributed by atoms with Gasteiger partial charge >= 0.3 is 0 Å². The zero-order valence-corrected chi connectivity index (χ0v) is 20.1. The number of anilines is 1. The van der Waals surface area contributed by atoms with E-state index in [9.17, 15) is 13.2 Å². The molecule has 3 rings (SSSR count). The third kappa shape index (κ3) is 5.19. The molecule has 6 heteroatoms. The highest BCUT2D eigenvalue weighted by molar-refractivity contribution is 7.92. The van der Waals surface area contributed by atoms with Crippen molar-refractivity contribution in [3.8, 4) is 0 Å². The topological polar surface area (TPSA) is 57.7 Å². The summed E-state index contributed by atoms with van der Waals surface area (Å²) in [6, 6.07) is 20.1. The third-order valence-corrected chi connectivity index (χ3v) is 7.47. The quantitative estimate of drug-likeness (QED) is 0.521. The average Bonchev–Trinajstić information content (AvgIpc) is 2.76. The van der Waals surface area contributed by atoms with E-state index in [-0.39, 0.29) is 17.3 Å². The number of carbonyl (C=O) groups is 1. The number of likely N-dealkylation sites (N-methyl/N-ethyl adjacent to an activating group) is 1. The maximum atomic E-state index is 13.6. The van der Waals surface area contributed by atoms with Gasteiger partial charge in [0.1, 0.15) is 6.54 Å². The standard InChI is InChI=1S/C26H30N2O3S/c1-19-9-13-23(14-10-19)17-27(5)26(29)18-28(25-8-6-7-21(3)22(25)4)32(30,31)24-15-11-20(2)12-16-24/h6-16H,17-18H2,1-5H3. The van der Waals surface area contributed by atoms with Crippen molar-refractivity contribution in [1.82, 2.24) is 4.90 Å². The Morgan fingerprint density at radius 3 is 1.97 bits per heavy atom. The van der Waals surface area contributed by atoms with Gasteiger partial charge in [-0.3, -0.25) is 9.10 Å². The molecule has 0 atom stereocenters. The van der Waals surface area contributed by atoms with Crippen molar-refractivity contribution < 1.29 is 13.2 Å². The van der Waals surface area contributed by atoms with Crippen molar-refractivity contribution in [2.45, 2.75) is 39.1 Å². The Morgan fingerprint density at radius 2 is 1.38 bits per heavy atom. The highest BCUT2D eigenvalue weighted by atomic mass is 32.2. The molecule has 0 saturated heterocycles. The van der Waals surface area contributed by atoms with Crippen LogP contribution in [0.2, 0.25) is 0 Å². The molecule has 0 fully saturated rings. The number of amides is 1. The highest BCUT2D eigenvalue weighted by Gasteiger charge is 2.29. The molecule has 0 aliphatic rings. The molecule has 32 heavy (non-hydrogen) atoms. The lowest BCUT2D eigenvalue weighted by Crippen LogP contribution is -2.41. The molecule has 0 aliphatic carbocycles. The lowest BCUT2D eigenvalue weighted by atomic mass is 10.1. The van der Waals surface area contributed by atoms with Crippen molar-refractivity contribution in [1.29, 1.82) is 0 Å². The number of nitrogens with zero attached hydrogens (tertiary/aromatic N) is 2. The number of rotatable bonds is 7. The molecular formula is C26H30N2O3S. The number of carbonyl (C=O) groups excluding carboxylic acids is 1. The number of hydrogen-bond donors (Lipinski definition) is 0. The molecule has 0 aromatic heterocycles. The van der Waals surface area contributed by atoms with Crippen LogP contribution in [0.15, 0.2) is 71.6 Å². The Balaban J connectivity index is 1.95. The number of benzene rings is 3. The van der Waals surface area contributed by atoms with Crippen LogP contribution in [-0.2, 0) is 21.4 Å². The maximum absolute atomic E-state index is 13.6. The van der Waals surface area contributed by atoms with Crippen LogP contribution in [0, 0.1) is 27.7 Å². The lowest BCUT2D eigenvalue weighted by Gasteiger charge is -2.28. The molecule has 168 valence electrons. The normalized spacial score (nSPS) is 11.3. The van der Waals surface area contributed by atoms with Gasteiger partial charge in [-0.15, -0.1) is 0 Å². The first-order valence-electron chi connectivity index (χ1n) is 10.5. The first-order chi connectivity index (χ1) is 15.1. The van der Waals surface area contributed by atoms with E-state index in [4.69, 9.17) is 0 Å². The summed E-state index contributed by atoms with van der Waals surface area (Å²) < 4.78 is 28.5. The molecule has 0 radical (unpaired) electrons. The zero-order valence-electron chi connectivity index (χ0n) is 19.3. The summed E-state index contributed by atoms with van der Waals surface area (Å²) in [6.07, 6.45) is 0. The summed E-state index contributed by atoms with van der Waals surface area (Å²) >= 11 is 0. The minimum absolute atomic E-state index is 0.165. The molecule has 0 N–H and O–H groups in total. The smallest absolute Gasteiger partial charge is 0.264 e. The highest BCUT2D eigenvalue weighted by Crippen LogP contribution is 2.29. The predicted octanol–water partition coefficient (Wildman–Crippen LogP) is 4.77. The Bertz CT molecular complexity index is 1200. The molecule has 3 aromatic rings. The fourth-order valence-electron chi connectivity index (χ4n) is 3.44. The molecule has 0 saturated carbocycles. The fourth-order valence-corrected chi connectivity index (χ4v) is 4.91. The van der Waals surface area contributed by atoms with Crippen LogP contribution < -0.4 is 4.31 Å². The Hall–Kier alpha value is -3.12. The summed E-state index contributed by atoms with van der Waals surface area (Å²) in [5.74, 6) is -0.276. The van der Waals surface area contributed by atoms with E-state index < -0.39 is 10.0 Å². The first kappa shape index (κ1) is 23.5. The average molecular weight is 451 g/mol. The van der Waals surface area contributed by atoms with E-state index in [1.165, 1.54) is 4.31 Å². The largest absolute Gasteiger partial charge is 0.340 e. The van der Waals surface area contributed by atoms with Crippen molar-refractivity contribution >= 4 is 21.6 Å². The van der Waals surface area contributed by atoms with E-state index in [0.29, 0.717) is 12.2 Å². The van der Waals surface area contributed by atoms with Crippen molar-refractivity contribution in [2.24, 2.45) is 0 Å². The fraction of sp³-hybridized carbons (Fsp3) is 0.269. The molecule has 3 aromatic carbocycles.